The van der Waals surface area contributed by atoms with E-state index in [0.29, 0.717) is 18.4 Å². The van der Waals surface area contributed by atoms with Gasteiger partial charge in [0.1, 0.15) is 0 Å². The fourth-order valence-electron chi connectivity index (χ4n) is 3.82. The molecule has 0 unspecified atom stereocenters. The molecule has 0 saturated carbocycles. The average molecular weight is 361 g/mol. The van der Waals surface area contributed by atoms with Gasteiger partial charge in [0.2, 0.25) is 5.91 Å². The quantitative estimate of drug-likeness (QED) is 0.804. The van der Waals surface area contributed by atoms with Gasteiger partial charge < -0.3 is 9.80 Å². The summed E-state index contributed by atoms with van der Waals surface area (Å²) >= 11 is 0. The third-order valence-electron chi connectivity index (χ3n) is 5.63. The van der Waals surface area contributed by atoms with Gasteiger partial charge in [0, 0.05) is 44.1 Å². The fraction of sp³-hybridized carbons (Fsp3) is 0.750. The van der Waals surface area contributed by atoms with Crippen LogP contribution in [0.4, 0.5) is 0 Å². The fourth-order valence-corrected chi connectivity index (χ4v) is 3.82. The summed E-state index contributed by atoms with van der Waals surface area (Å²) in [6.07, 6.45) is 3.90. The summed E-state index contributed by atoms with van der Waals surface area (Å²) in [6.45, 7) is 11.9. The first-order valence-electron chi connectivity index (χ1n) is 9.92. The third-order valence-corrected chi connectivity index (χ3v) is 5.63. The maximum absolute atomic E-state index is 12.2. The summed E-state index contributed by atoms with van der Waals surface area (Å²) in [6, 6.07) is 3.50. The Hall–Kier alpha value is -1.69. The molecule has 0 bridgehead atoms. The summed E-state index contributed by atoms with van der Waals surface area (Å²) in [5, 5.41) is 4.60. The SMILES string of the molecule is CC(C)(C)c1ccc(=O)n(CC2CCN(CCN3CCCC3=O)CC2)n1. The summed E-state index contributed by atoms with van der Waals surface area (Å²) in [5.41, 5.74) is 0.907. The van der Waals surface area contributed by atoms with Crippen LogP contribution >= 0.6 is 0 Å². The Kier molecular flexibility index (Phi) is 5.80. The molecule has 0 aromatic carbocycles. The average Bonchev–Trinajstić information content (AvgIpc) is 3.00. The van der Waals surface area contributed by atoms with E-state index >= 15 is 0 Å². The van der Waals surface area contributed by atoms with Gasteiger partial charge in [-0.05, 0) is 44.3 Å². The minimum absolute atomic E-state index is 0.00650. The van der Waals surface area contributed by atoms with E-state index in [1.54, 1.807) is 10.7 Å². The molecule has 1 aromatic heterocycles. The highest BCUT2D eigenvalue weighted by Gasteiger charge is 2.24. The Morgan fingerprint density at radius 3 is 2.42 bits per heavy atom. The summed E-state index contributed by atoms with van der Waals surface area (Å²) < 4.78 is 1.66. The van der Waals surface area contributed by atoms with E-state index in [0.717, 1.165) is 64.1 Å². The van der Waals surface area contributed by atoms with Crippen LogP contribution in [0.25, 0.3) is 0 Å². The van der Waals surface area contributed by atoms with Crippen molar-refractivity contribution in [3.8, 4) is 0 Å². The Morgan fingerprint density at radius 2 is 1.81 bits per heavy atom. The first kappa shape index (κ1) is 19.1. The van der Waals surface area contributed by atoms with Crippen molar-refractivity contribution in [2.24, 2.45) is 5.92 Å². The lowest BCUT2D eigenvalue weighted by atomic mass is 9.92. The normalized spacial score (nSPS) is 20.1. The number of rotatable bonds is 5. The van der Waals surface area contributed by atoms with Crippen LogP contribution in [0, 0.1) is 5.92 Å². The van der Waals surface area contributed by atoms with Gasteiger partial charge in [-0.2, -0.15) is 5.10 Å². The summed E-state index contributed by atoms with van der Waals surface area (Å²) in [5.74, 6) is 0.809. The van der Waals surface area contributed by atoms with E-state index in [9.17, 15) is 9.59 Å². The first-order chi connectivity index (χ1) is 12.3. The molecule has 1 amide bonds. The third kappa shape index (κ3) is 4.72. The van der Waals surface area contributed by atoms with Gasteiger partial charge in [0.25, 0.3) is 5.56 Å². The lowest BCUT2D eigenvalue weighted by Crippen LogP contribution is -2.41. The van der Waals surface area contributed by atoms with E-state index in [2.05, 4.69) is 30.8 Å². The second-order valence-corrected chi connectivity index (χ2v) is 8.76. The Labute approximate surface area is 156 Å². The van der Waals surface area contributed by atoms with Crippen LogP contribution in [0.5, 0.6) is 0 Å². The van der Waals surface area contributed by atoms with Crippen LogP contribution < -0.4 is 5.56 Å². The second-order valence-electron chi connectivity index (χ2n) is 8.76. The molecule has 0 atom stereocenters. The number of carbonyl (C=O) groups excluding carboxylic acids is 1. The van der Waals surface area contributed by atoms with Gasteiger partial charge in [-0.15, -0.1) is 0 Å². The molecule has 3 heterocycles. The molecular formula is C20H32N4O2. The van der Waals surface area contributed by atoms with E-state index < -0.39 is 0 Å². The molecule has 1 aromatic rings. The van der Waals surface area contributed by atoms with Gasteiger partial charge in [-0.3, -0.25) is 9.59 Å². The molecular weight excluding hydrogens is 328 g/mol. The molecule has 0 spiro atoms. The number of hydrogen-bond donors (Lipinski definition) is 0. The molecule has 3 rings (SSSR count). The van der Waals surface area contributed by atoms with Gasteiger partial charge in [0.05, 0.1) is 5.69 Å². The van der Waals surface area contributed by atoms with Crippen molar-refractivity contribution >= 4 is 5.91 Å². The molecule has 2 aliphatic heterocycles. The number of carbonyl (C=O) groups is 1. The Morgan fingerprint density at radius 1 is 1.08 bits per heavy atom. The van der Waals surface area contributed by atoms with Crippen molar-refractivity contribution in [3.63, 3.8) is 0 Å². The number of likely N-dealkylation sites (tertiary alicyclic amines) is 2. The standard InChI is InChI=1S/C20H32N4O2/c1-20(2,3)17-6-7-19(26)24(21-17)15-16-8-11-22(12-9-16)13-14-23-10-4-5-18(23)25/h6-7,16H,4-5,8-15H2,1-3H3. The number of amides is 1. The molecule has 0 N–H and O–H groups in total. The monoisotopic (exact) mass is 360 g/mol. The number of hydrogen-bond acceptors (Lipinski definition) is 4. The Bertz CT molecular complexity index is 684. The molecule has 6 heteroatoms. The molecule has 0 radical (unpaired) electrons. The van der Waals surface area contributed by atoms with Crippen molar-refractivity contribution in [2.45, 2.75) is 58.4 Å². The second kappa shape index (κ2) is 7.91. The van der Waals surface area contributed by atoms with Crippen molar-refractivity contribution in [2.75, 3.05) is 32.7 Å². The van der Waals surface area contributed by atoms with E-state index in [4.69, 9.17) is 0 Å². The topological polar surface area (TPSA) is 58.4 Å². The van der Waals surface area contributed by atoms with Crippen molar-refractivity contribution in [1.82, 2.24) is 19.6 Å². The van der Waals surface area contributed by atoms with Crippen LogP contribution in [0.15, 0.2) is 16.9 Å². The minimum Gasteiger partial charge on any atom is -0.341 e. The molecule has 2 aliphatic rings. The summed E-state index contributed by atoms with van der Waals surface area (Å²) in [4.78, 5) is 28.3. The van der Waals surface area contributed by atoms with Crippen LogP contribution in [-0.2, 0) is 16.8 Å². The highest BCUT2D eigenvalue weighted by atomic mass is 16.2. The zero-order chi connectivity index (χ0) is 18.7. The smallest absolute Gasteiger partial charge is 0.266 e. The molecule has 2 saturated heterocycles. The van der Waals surface area contributed by atoms with Crippen LogP contribution in [0.2, 0.25) is 0 Å². The van der Waals surface area contributed by atoms with Crippen molar-refractivity contribution in [1.29, 1.82) is 0 Å². The van der Waals surface area contributed by atoms with E-state index in [-0.39, 0.29) is 11.0 Å². The zero-order valence-electron chi connectivity index (χ0n) is 16.4. The highest BCUT2D eigenvalue weighted by Crippen LogP contribution is 2.21. The van der Waals surface area contributed by atoms with Gasteiger partial charge in [-0.25, -0.2) is 4.68 Å². The van der Waals surface area contributed by atoms with Gasteiger partial charge in [0.15, 0.2) is 0 Å². The number of aromatic nitrogens is 2. The lowest BCUT2D eigenvalue weighted by molar-refractivity contribution is -0.127. The minimum atomic E-state index is -0.0498. The molecule has 144 valence electrons. The predicted molar refractivity (Wildman–Crippen MR) is 102 cm³/mol. The van der Waals surface area contributed by atoms with Crippen LogP contribution in [0.3, 0.4) is 0 Å². The van der Waals surface area contributed by atoms with Gasteiger partial charge >= 0.3 is 0 Å². The van der Waals surface area contributed by atoms with E-state index in [1.165, 1.54) is 0 Å². The summed E-state index contributed by atoms with van der Waals surface area (Å²) in [7, 11) is 0. The van der Waals surface area contributed by atoms with Crippen LogP contribution in [0.1, 0.15) is 52.1 Å². The maximum atomic E-state index is 12.2. The zero-order valence-corrected chi connectivity index (χ0v) is 16.4. The number of piperidine rings is 1. The van der Waals surface area contributed by atoms with Gasteiger partial charge in [-0.1, -0.05) is 20.8 Å². The van der Waals surface area contributed by atoms with Crippen molar-refractivity contribution < 1.29 is 4.79 Å². The predicted octanol–water partition coefficient (Wildman–Crippen LogP) is 1.88. The maximum Gasteiger partial charge on any atom is 0.266 e. The lowest BCUT2D eigenvalue weighted by Gasteiger charge is -2.33. The largest absolute Gasteiger partial charge is 0.341 e. The first-order valence-corrected chi connectivity index (χ1v) is 9.92. The number of nitrogens with zero attached hydrogens (tertiary/aromatic N) is 4. The molecule has 0 aliphatic carbocycles. The van der Waals surface area contributed by atoms with Crippen LogP contribution in [-0.4, -0.2) is 58.2 Å². The Balaban J connectivity index is 1.49. The molecule has 26 heavy (non-hydrogen) atoms. The van der Waals surface area contributed by atoms with E-state index in [1.807, 2.05) is 11.0 Å². The highest BCUT2D eigenvalue weighted by molar-refractivity contribution is 5.78. The van der Waals surface area contributed by atoms with Crippen molar-refractivity contribution in [3.05, 3.63) is 28.2 Å². The molecule has 2 fully saturated rings. The molecule has 6 nitrogen and oxygen atoms in total.